The van der Waals surface area contributed by atoms with E-state index in [9.17, 15) is 4.79 Å². The van der Waals surface area contributed by atoms with E-state index in [0.29, 0.717) is 35.7 Å². The van der Waals surface area contributed by atoms with Crippen LogP contribution in [0.25, 0.3) is 11.5 Å². The van der Waals surface area contributed by atoms with Crippen LogP contribution in [0.3, 0.4) is 0 Å². The van der Waals surface area contributed by atoms with Crippen molar-refractivity contribution >= 4 is 5.91 Å². The second kappa shape index (κ2) is 6.92. The zero-order chi connectivity index (χ0) is 17.1. The number of likely N-dealkylation sites (tertiary alicyclic amines) is 1. The average molecular weight is 341 g/mol. The number of amides is 1. The van der Waals surface area contributed by atoms with E-state index >= 15 is 0 Å². The van der Waals surface area contributed by atoms with E-state index in [-0.39, 0.29) is 5.91 Å². The van der Waals surface area contributed by atoms with Crippen LogP contribution in [0, 0.1) is 5.41 Å². The molecular formula is C18H23N5O2. The Kier molecular flexibility index (Phi) is 4.48. The Morgan fingerprint density at radius 1 is 1.28 bits per heavy atom. The van der Waals surface area contributed by atoms with E-state index in [2.05, 4.69) is 20.4 Å². The molecule has 7 nitrogen and oxygen atoms in total. The number of piperidine rings is 1. The largest absolute Gasteiger partial charge is 0.343 e. The number of hydrogen-bond donors (Lipinski definition) is 1. The first-order valence-corrected chi connectivity index (χ1v) is 8.97. The lowest BCUT2D eigenvalue weighted by molar-refractivity contribution is -0.133. The maximum absolute atomic E-state index is 12.5. The summed E-state index contributed by atoms with van der Waals surface area (Å²) in [5.41, 5.74) is 1.11. The van der Waals surface area contributed by atoms with Crippen LogP contribution in [-0.4, -0.2) is 52.1 Å². The van der Waals surface area contributed by atoms with Crippen molar-refractivity contribution in [1.82, 2.24) is 25.3 Å². The van der Waals surface area contributed by atoms with Crippen LogP contribution in [0.1, 0.15) is 31.6 Å². The smallest absolute Gasteiger partial charge is 0.227 e. The number of hydrogen-bond acceptors (Lipinski definition) is 6. The molecule has 0 unspecified atom stereocenters. The number of aromatic nitrogens is 3. The summed E-state index contributed by atoms with van der Waals surface area (Å²) < 4.78 is 5.25. The van der Waals surface area contributed by atoms with Crippen LogP contribution in [-0.2, 0) is 11.2 Å². The molecule has 2 aliphatic heterocycles. The SMILES string of the molecule is O=C(CCc1nc(-c2ccccn2)no1)N1CCC2(CCNC2)CC1. The van der Waals surface area contributed by atoms with Crippen LogP contribution < -0.4 is 5.32 Å². The van der Waals surface area contributed by atoms with Gasteiger partial charge in [0, 0.05) is 38.7 Å². The van der Waals surface area contributed by atoms with E-state index in [1.807, 2.05) is 23.1 Å². The molecule has 0 atom stereocenters. The van der Waals surface area contributed by atoms with E-state index in [1.165, 1.54) is 6.42 Å². The molecule has 2 aromatic rings. The van der Waals surface area contributed by atoms with Gasteiger partial charge < -0.3 is 14.7 Å². The summed E-state index contributed by atoms with van der Waals surface area (Å²) in [6.07, 6.45) is 6.04. The van der Waals surface area contributed by atoms with Gasteiger partial charge in [-0.15, -0.1) is 0 Å². The second-order valence-electron chi connectivity index (χ2n) is 7.03. The molecule has 1 amide bonds. The monoisotopic (exact) mass is 341 g/mol. The van der Waals surface area contributed by atoms with Gasteiger partial charge in [0.1, 0.15) is 5.69 Å². The van der Waals surface area contributed by atoms with Crippen molar-refractivity contribution in [2.75, 3.05) is 26.2 Å². The first-order valence-electron chi connectivity index (χ1n) is 8.97. The molecular weight excluding hydrogens is 318 g/mol. The zero-order valence-corrected chi connectivity index (χ0v) is 14.3. The number of nitrogens with one attached hydrogen (secondary N) is 1. The molecule has 0 radical (unpaired) electrons. The van der Waals surface area contributed by atoms with Gasteiger partial charge in [0.2, 0.25) is 17.6 Å². The lowest BCUT2D eigenvalue weighted by Gasteiger charge is -2.38. The minimum Gasteiger partial charge on any atom is -0.343 e. The Hall–Kier alpha value is -2.28. The predicted molar refractivity (Wildman–Crippen MR) is 91.6 cm³/mol. The quantitative estimate of drug-likeness (QED) is 0.911. The fourth-order valence-corrected chi connectivity index (χ4v) is 3.78. The molecule has 0 bridgehead atoms. The summed E-state index contributed by atoms with van der Waals surface area (Å²) in [5.74, 6) is 1.14. The van der Waals surface area contributed by atoms with E-state index < -0.39 is 0 Å². The number of nitrogens with zero attached hydrogens (tertiary/aromatic N) is 4. The summed E-state index contributed by atoms with van der Waals surface area (Å²) in [6.45, 7) is 3.95. The van der Waals surface area contributed by atoms with Gasteiger partial charge in [0.05, 0.1) is 0 Å². The fraction of sp³-hybridized carbons (Fsp3) is 0.556. The third kappa shape index (κ3) is 3.56. The molecule has 0 aliphatic carbocycles. The van der Waals surface area contributed by atoms with Crippen molar-refractivity contribution in [3.63, 3.8) is 0 Å². The Labute approximate surface area is 146 Å². The average Bonchev–Trinajstić information content (AvgIpc) is 3.31. The van der Waals surface area contributed by atoms with Crippen LogP contribution in [0.4, 0.5) is 0 Å². The van der Waals surface area contributed by atoms with Crippen molar-refractivity contribution in [2.45, 2.75) is 32.1 Å². The van der Waals surface area contributed by atoms with Gasteiger partial charge in [-0.05, 0) is 43.4 Å². The molecule has 2 fully saturated rings. The van der Waals surface area contributed by atoms with Crippen LogP contribution in [0.2, 0.25) is 0 Å². The molecule has 2 aliphatic rings. The van der Waals surface area contributed by atoms with Crippen molar-refractivity contribution in [3.8, 4) is 11.5 Å². The molecule has 25 heavy (non-hydrogen) atoms. The van der Waals surface area contributed by atoms with Crippen LogP contribution in [0.5, 0.6) is 0 Å². The van der Waals surface area contributed by atoms with E-state index in [4.69, 9.17) is 4.52 Å². The highest BCUT2D eigenvalue weighted by Gasteiger charge is 2.37. The summed E-state index contributed by atoms with van der Waals surface area (Å²) in [5, 5.41) is 7.40. The molecule has 4 heterocycles. The molecule has 132 valence electrons. The second-order valence-corrected chi connectivity index (χ2v) is 7.03. The molecule has 7 heteroatoms. The molecule has 1 spiro atoms. The van der Waals surface area contributed by atoms with Crippen LogP contribution in [0.15, 0.2) is 28.9 Å². The summed E-state index contributed by atoms with van der Waals surface area (Å²) in [6, 6.07) is 5.56. The van der Waals surface area contributed by atoms with Crippen molar-refractivity contribution in [3.05, 3.63) is 30.3 Å². The first-order chi connectivity index (χ1) is 12.2. The molecule has 2 saturated heterocycles. The summed E-state index contributed by atoms with van der Waals surface area (Å²) in [4.78, 5) is 23.0. The van der Waals surface area contributed by atoms with Gasteiger partial charge in [-0.3, -0.25) is 9.78 Å². The highest BCUT2D eigenvalue weighted by atomic mass is 16.5. The van der Waals surface area contributed by atoms with Gasteiger partial charge in [-0.1, -0.05) is 11.2 Å². The molecule has 1 N–H and O–H groups in total. The topological polar surface area (TPSA) is 84.1 Å². The van der Waals surface area contributed by atoms with E-state index in [0.717, 1.165) is 39.0 Å². The van der Waals surface area contributed by atoms with E-state index in [1.54, 1.807) is 6.20 Å². The molecule has 0 aromatic carbocycles. The standard InChI is InChI=1S/C18H23N5O2/c24-16(23-11-7-18(8-12-23)6-10-19-13-18)5-4-15-21-17(22-25-15)14-3-1-2-9-20-14/h1-3,9,19H,4-8,10-13H2. The first kappa shape index (κ1) is 16.2. The lowest BCUT2D eigenvalue weighted by atomic mass is 9.78. The van der Waals surface area contributed by atoms with Crippen molar-refractivity contribution < 1.29 is 9.32 Å². The summed E-state index contributed by atoms with van der Waals surface area (Å²) in [7, 11) is 0. The maximum atomic E-state index is 12.5. The van der Waals surface area contributed by atoms with Gasteiger partial charge in [0.25, 0.3) is 0 Å². The number of aryl methyl sites for hydroxylation is 1. The Morgan fingerprint density at radius 3 is 2.88 bits per heavy atom. The Balaban J connectivity index is 1.29. The minimum absolute atomic E-state index is 0.179. The third-order valence-corrected chi connectivity index (χ3v) is 5.42. The van der Waals surface area contributed by atoms with Gasteiger partial charge in [0.15, 0.2) is 0 Å². The Bertz CT molecular complexity index is 714. The molecule has 0 saturated carbocycles. The van der Waals surface area contributed by atoms with Crippen molar-refractivity contribution in [1.29, 1.82) is 0 Å². The molecule has 4 rings (SSSR count). The highest BCUT2D eigenvalue weighted by Crippen LogP contribution is 2.37. The third-order valence-electron chi connectivity index (χ3n) is 5.42. The summed E-state index contributed by atoms with van der Waals surface area (Å²) >= 11 is 0. The number of pyridine rings is 1. The predicted octanol–water partition coefficient (Wildman–Crippen LogP) is 1.67. The minimum atomic E-state index is 0.179. The van der Waals surface area contributed by atoms with Gasteiger partial charge in [-0.2, -0.15) is 4.98 Å². The number of rotatable bonds is 4. The normalized spacial score (nSPS) is 19.4. The van der Waals surface area contributed by atoms with Crippen LogP contribution >= 0.6 is 0 Å². The number of carbonyl (C=O) groups is 1. The highest BCUT2D eigenvalue weighted by molar-refractivity contribution is 5.76. The maximum Gasteiger partial charge on any atom is 0.227 e. The lowest BCUT2D eigenvalue weighted by Crippen LogP contribution is -2.44. The number of carbonyl (C=O) groups excluding carboxylic acids is 1. The van der Waals surface area contributed by atoms with Crippen molar-refractivity contribution in [2.24, 2.45) is 5.41 Å². The van der Waals surface area contributed by atoms with Gasteiger partial charge in [-0.25, -0.2) is 0 Å². The van der Waals surface area contributed by atoms with Gasteiger partial charge >= 0.3 is 0 Å². The molecule has 2 aromatic heterocycles. The Morgan fingerprint density at radius 2 is 2.16 bits per heavy atom. The fourth-order valence-electron chi connectivity index (χ4n) is 3.78. The zero-order valence-electron chi connectivity index (χ0n) is 14.3.